The van der Waals surface area contributed by atoms with Gasteiger partial charge in [0.1, 0.15) is 23.3 Å². The average Bonchev–Trinajstić information content (AvgIpc) is 0.740. The molecule has 6 atom stereocenters. The normalized spacial score (nSPS) is 17.2. The first-order valence-electron chi connectivity index (χ1n) is 42.5. The Morgan fingerprint density at radius 3 is 1.13 bits per heavy atom. The molecule has 0 bridgehead atoms. The molecule has 3 aliphatic heterocycles. The molecule has 12 aromatic rings. The van der Waals surface area contributed by atoms with Gasteiger partial charge in [0.2, 0.25) is 23.7 Å². The Morgan fingerprint density at radius 2 is 0.780 bits per heavy atom. The largest absolute Gasteiger partial charge is 0.357 e. The summed E-state index contributed by atoms with van der Waals surface area (Å²) in [5.41, 5.74) is 10.2. The minimum Gasteiger partial charge on any atom is -0.357 e. The van der Waals surface area contributed by atoms with Gasteiger partial charge in [-0.3, -0.25) is 24.4 Å². The molecule has 3 amide bonds. The van der Waals surface area contributed by atoms with Gasteiger partial charge in [-0.25, -0.2) is 57.4 Å². The minimum absolute atomic E-state index is 0.0440. The van der Waals surface area contributed by atoms with E-state index in [0.29, 0.717) is 145 Å². The Hall–Kier alpha value is -12.2. The zero-order valence-electron chi connectivity index (χ0n) is 74.7. The molecule has 0 aliphatic carbocycles. The molecule has 12 heterocycles. The van der Waals surface area contributed by atoms with Gasteiger partial charge in [-0.15, -0.1) is 0 Å². The van der Waals surface area contributed by atoms with E-state index in [9.17, 15) is 28.8 Å². The smallest absolute Gasteiger partial charge is 0.355 e. The second-order valence-corrected chi connectivity index (χ2v) is 35.6. The fourth-order valence-electron chi connectivity index (χ4n) is 17.0. The van der Waals surface area contributed by atoms with E-state index in [1.54, 1.807) is 79.7 Å². The first kappa shape index (κ1) is 92.5. The van der Waals surface area contributed by atoms with Crippen molar-refractivity contribution in [2.75, 3.05) is 66.3 Å². The standard InChI is InChI=1S/C33H38ClFN8O2.C32H35ClN6O2.C31H32Cl2N6O2/c1-9-25(44)41-15-20(7)42(16-19(41)6)30-22-14-23(34)28(21-12-10-11-13-24(21)35)37-31(22)43(33(45)40-30)29-26(17(2)3)38-32(36-8)39-27(29)18(4)5;1-8-26(40)37-16-22(7)38(17-21(37)6)30-24-15-25(33)28(23-11-9-10-19(4)14-23)35-31(24)39(32(41)36-30)29-20(5)12-13-34-27(29)18(2)3;1-7-25(40)37-15-20(6)38(16-19(37)5)29-23-14-24(33)27(21-9-8-10-22(32)13-21)35-30(23)39(31(41)36-29)28-18(4)11-12-34-26(28)17(2)3/h9-14,17-20H,1,15-16H2,2-8H3,(H,36,38,39);8-15,18,21-22H,1,16-17H2,2-7H3;7-14,17,19-20H,1,15-16H2,2-6H3. The minimum atomic E-state index is -0.583. The van der Waals surface area contributed by atoms with Crippen molar-refractivity contribution in [3.63, 3.8) is 0 Å². The van der Waals surface area contributed by atoms with Gasteiger partial charge >= 0.3 is 17.1 Å². The van der Waals surface area contributed by atoms with Gasteiger partial charge in [0, 0.05) is 117 Å². The third-order valence-electron chi connectivity index (χ3n) is 23.4. The Kier molecular flexibility index (Phi) is 27.8. The van der Waals surface area contributed by atoms with Crippen molar-refractivity contribution < 1.29 is 18.8 Å². The van der Waals surface area contributed by atoms with Gasteiger partial charge in [-0.1, -0.05) is 170 Å². The lowest BCUT2D eigenvalue weighted by molar-refractivity contribution is -0.129. The molecule has 3 fully saturated rings. The number of nitrogens with one attached hydrogen (secondary N) is 1. The Labute approximate surface area is 757 Å². The van der Waals surface area contributed by atoms with Crippen LogP contribution in [0.2, 0.25) is 20.1 Å². The summed E-state index contributed by atoms with van der Waals surface area (Å²) in [6, 6.07) is 29.8. The van der Waals surface area contributed by atoms with Gasteiger partial charge < -0.3 is 34.7 Å². The van der Waals surface area contributed by atoms with Crippen LogP contribution in [-0.4, -0.2) is 179 Å². The SMILES string of the molecule is C=CC(=O)N1CC(C)N(c2nc(=O)n(-c3c(C(C)C)nc(NC)nc3C(C)C)c3nc(-c4ccccc4F)c(Cl)cc23)CC1C.C=CC(=O)N1CC(C)N(c2nc(=O)n(-c3c(C)ccnc3C(C)C)c3nc(-c4cccc(C)c4)c(Cl)cc23)CC1C.C=CC(=O)N1CC(C)N(c2nc(=O)n(-c3c(C)ccnc3C(C)C)c3nc(-c4cccc(Cl)c4)c(Cl)cc23)CC1C. The molecular weight excluding hydrogens is 1690 g/mol. The number of amides is 3. The van der Waals surface area contributed by atoms with Gasteiger partial charge in [0.15, 0.2) is 16.9 Å². The predicted octanol–water partition coefficient (Wildman–Crippen LogP) is 18.0. The van der Waals surface area contributed by atoms with E-state index in [-0.39, 0.29) is 99.6 Å². The van der Waals surface area contributed by atoms with Crippen LogP contribution in [0.4, 0.5) is 27.8 Å². The highest BCUT2D eigenvalue weighted by atomic mass is 35.5. The van der Waals surface area contributed by atoms with Crippen LogP contribution < -0.4 is 37.1 Å². The maximum absolute atomic E-state index is 15.1. The van der Waals surface area contributed by atoms with Crippen molar-refractivity contribution >= 4 is 121 Å². The third kappa shape index (κ3) is 18.3. The molecule has 26 nitrogen and oxygen atoms in total. The van der Waals surface area contributed by atoms with Crippen LogP contribution in [0.25, 0.3) is 83.9 Å². The van der Waals surface area contributed by atoms with Crippen molar-refractivity contribution in [1.82, 2.24) is 78.2 Å². The maximum Gasteiger partial charge on any atom is 0.355 e. The lowest BCUT2D eigenvalue weighted by Crippen LogP contribution is -2.58. The van der Waals surface area contributed by atoms with Crippen LogP contribution >= 0.6 is 46.4 Å². The highest BCUT2D eigenvalue weighted by Gasteiger charge is 2.39. The van der Waals surface area contributed by atoms with Crippen molar-refractivity contribution in [1.29, 1.82) is 0 Å². The van der Waals surface area contributed by atoms with Crippen molar-refractivity contribution in [2.24, 2.45) is 0 Å². The number of nitrogens with zero attached hydrogens (tertiary/aromatic N) is 19. The van der Waals surface area contributed by atoms with E-state index < -0.39 is 22.9 Å². The molecule has 6 unspecified atom stereocenters. The van der Waals surface area contributed by atoms with Crippen LogP contribution in [-0.2, 0) is 14.4 Å². The fraction of sp³-hybridized carbons (Fsp3) is 0.354. The average molecular weight is 1800 g/mol. The number of fused-ring (bicyclic) bond motifs is 3. The number of pyridine rings is 5. The molecule has 3 aromatic carbocycles. The summed E-state index contributed by atoms with van der Waals surface area (Å²) in [4.78, 5) is 139. The molecule has 660 valence electrons. The number of halogens is 5. The van der Waals surface area contributed by atoms with Crippen molar-refractivity contribution in [3.05, 3.63) is 250 Å². The summed E-state index contributed by atoms with van der Waals surface area (Å²) in [5.74, 6) is 0.833. The van der Waals surface area contributed by atoms with Crippen LogP contribution in [0, 0.1) is 26.6 Å². The van der Waals surface area contributed by atoms with E-state index in [4.69, 9.17) is 71.3 Å². The highest BCUT2D eigenvalue weighted by molar-refractivity contribution is 6.35. The third-order valence-corrected chi connectivity index (χ3v) is 24.5. The number of anilines is 4. The summed E-state index contributed by atoms with van der Waals surface area (Å²) in [7, 11) is 1.75. The molecule has 127 heavy (non-hydrogen) atoms. The molecular formula is C96H105Cl4FN20O6. The Morgan fingerprint density at radius 1 is 0.425 bits per heavy atom. The second-order valence-electron chi connectivity index (χ2n) is 34.0. The van der Waals surface area contributed by atoms with Crippen LogP contribution in [0.3, 0.4) is 0 Å². The molecule has 1 N–H and O–H groups in total. The van der Waals surface area contributed by atoms with Gasteiger partial charge in [0.25, 0.3) is 0 Å². The van der Waals surface area contributed by atoms with Gasteiger partial charge in [-0.2, -0.15) is 15.0 Å². The van der Waals surface area contributed by atoms with E-state index in [2.05, 4.69) is 73.6 Å². The highest BCUT2D eigenvalue weighted by Crippen LogP contribution is 2.43. The first-order valence-corrected chi connectivity index (χ1v) is 44.0. The number of hydrogen-bond acceptors (Lipinski definition) is 20. The molecule has 3 saturated heterocycles. The summed E-state index contributed by atoms with van der Waals surface area (Å²) in [6.45, 7) is 47.6. The summed E-state index contributed by atoms with van der Waals surface area (Å²) in [6.07, 6.45) is 7.49. The fourth-order valence-corrected chi connectivity index (χ4v) is 18.0. The lowest BCUT2D eigenvalue weighted by atomic mass is 10.0. The van der Waals surface area contributed by atoms with Crippen LogP contribution in [0.1, 0.15) is 160 Å². The molecule has 0 spiro atoms. The van der Waals surface area contributed by atoms with E-state index in [1.807, 2.05) is 169 Å². The zero-order valence-corrected chi connectivity index (χ0v) is 77.7. The molecule has 0 saturated carbocycles. The number of piperazine rings is 3. The van der Waals surface area contributed by atoms with Crippen LogP contribution in [0.5, 0.6) is 0 Å². The zero-order chi connectivity index (χ0) is 91.9. The topological polar surface area (TPSA) is 278 Å². The first-order chi connectivity index (χ1) is 60.4. The quantitative estimate of drug-likeness (QED) is 0.0829. The number of aromatic nitrogens is 13. The van der Waals surface area contributed by atoms with E-state index >= 15 is 4.39 Å². The Balaban J connectivity index is 0.000000163. The summed E-state index contributed by atoms with van der Waals surface area (Å²) in [5, 5.41) is 6.44. The van der Waals surface area contributed by atoms with Crippen molar-refractivity contribution in [3.8, 4) is 50.8 Å². The summed E-state index contributed by atoms with van der Waals surface area (Å²) >= 11 is 27.0. The molecule has 9 aromatic heterocycles. The maximum atomic E-state index is 15.1. The number of rotatable bonds is 17. The van der Waals surface area contributed by atoms with Crippen LogP contribution in [0.15, 0.2) is 168 Å². The predicted molar refractivity (Wildman–Crippen MR) is 508 cm³/mol. The number of carbonyl (C=O) groups excluding carboxylic acids is 3. The number of carbonyl (C=O) groups is 3. The number of aryl methyl sites for hydroxylation is 3. The number of hydrogen-bond donors (Lipinski definition) is 1. The molecule has 31 heteroatoms. The molecule has 15 rings (SSSR count). The molecule has 0 radical (unpaired) electrons. The summed E-state index contributed by atoms with van der Waals surface area (Å²) < 4.78 is 19.7. The molecule has 3 aliphatic rings. The van der Waals surface area contributed by atoms with Crippen molar-refractivity contribution in [2.45, 2.75) is 178 Å². The van der Waals surface area contributed by atoms with Gasteiger partial charge in [0.05, 0.1) is 88.1 Å². The number of benzene rings is 3. The van der Waals surface area contributed by atoms with E-state index in [0.717, 1.165) is 39.2 Å². The Bertz CT molecular complexity index is 6270. The monoisotopic (exact) mass is 1790 g/mol. The van der Waals surface area contributed by atoms with E-state index in [1.165, 1.54) is 28.9 Å². The van der Waals surface area contributed by atoms with Gasteiger partial charge in [-0.05, 0) is 176 Å². The lowest BCUT2D eigenvalue weighted by Gasteiger charge is -2.44. The second kappa shape index (κ2) is 38.2.